The van der Waals surface area contributed by atoms with E-state index in [2.05, 4.69) is 39.5 Å². The molecule has 2 aliphatic rings. The molecule has 1 N–H and O–H groups in total. The van der Waals surface area contributed by atoms with Crippen molar-refractivity contribution in [2.45, 2.75) is 32.2 Å². The van der Waals surface area contributed by atoms with E-state index in [-0.39, 0.29) is 12.3 Å². The lowest BCUT2D eigenvalue weighted by atomic mass is 9.80. The van der Waals surface area contributed by atoms with Gasteiger partial charge in [0.2, 0.25) is 0 Å². The van der Waals surface area contributed by atoms with Crippen LogP contribution in [0.4, 0.5) is 5.82 Å². The second kappa shape index (κ2) is 10.3. The molecule has 0 unspecified atom stereocenters. The highest BCUT2D eigenvalue weighted by Crippen LogP contribution is 2.35. The number of aromatic nitrogens is 4. The number of aliphatic hydroxyl groups is 1. The van der Waals surface area contributed by atoms with Crippen LogP contribution in [0.25, 0.3) is 16.9 Å². The zero-order valence-electron chi connectivity index (χ0n) is 20.2. The SMILES string of the molecule is C=C(c1ccc(Cl)cc1Cl)n1nc(C#N)c2ncc(N3CC([C@H]4CCCN([C@@H](C)CCO)C4)C3)nc21. The number of nitrogens with zero attached hydrogens (tertiary/aromatic N) is 7. The van der Waals surface area contributed by atoms with Crippen molar-refractivity contribution in [1.29, 1.82) is 5.26 Å². The molecule has 2 atom stereocenters. The standard InChI is InChI=1S/C26H29Cl2N7O/c1-16(7-9-36)33-8-3-4-18(13-33)19-14-34(15-19)24-12-30-25-23(11-29)32-35(26(25)31-24)17(2)21-6-5-20(27)10-22(21)28/h5-6,10,12,16,18-19,36H,2-4,7-9,13-15H2,1H3/t16-,18-/m0/s1. The Hall–Kier alpha value is -2.70. The summed E-state index contributed by atoms with van der Waals surface area (Å²) in [4.78, 5) is 14.1. The van der Waals surface area contributed by atoms with Crippen LogP contribution in [0.1, 0.15) is 37.4 Å². The fourth-order valence-electron chi connectivity index (χ4n) is 5.33. The number of aliphatic hydroxyl groups excluding tert-OH is 1. The molecule has 2 aliphatic heterocycles. The summed E-state index contributed by atoms with van der Waals surface area (Å²) in [6.45, 7) is 10.7. The molecular weight excluding hydrogens is 497 g/mol. The number of likely N-dealkylation sites (tertiary alicyclic amines) is 1. The normalized spacial score (nSPS) is 19.8. The third-order valence-corrected chi connectivity index (χ3v) is 8.08. The molecule has 188 valence electrons. The molecule has 0 bridgehead atoms. The van der Waals surface area contributed by atoms with E-state index in [0.29, 0.717) is 50.3 Å². The zero-order valence-corrected chi connectivity index (χ0v) is 21.8. The molecule has 2 fully saturated rings. The van der Waals surface area contributed by atoms with Crippen LogP contribution >= 0.6 is 23.2 Å². The molecule has 0 saturated carbocycles. The maximum atomic E-state index is 9.61. The predicted molar refractivity (Wildman–Crippen MR) is 142 cm³/mol. The highest BCUT2D eigenvalue weighted by atomic mass is 35.5. The Bertz CT molecular complexity index is 1330. The van der Waals surface area contributed by atoms with Crippen molar-refractivity contribution in [3.63, 3.8) is 0 Å². The van der Waals surface area contributed by atoms with Gasteiger partial charge in [-0.05, 0) is 62.8 Å². The minimum absolute atomic E-state index is 0.191. The van der Waals surface area contributed by atoms with E-state index in [1.165, 1.54) is 12.8 Å². The summed E-state index contributed by atoms with van der Waals surface area (Å²) in [7, 11) is 0. The molecular formula is C26H29Cl2N7O. The first kappa shape index (κ1) is 25.0. The van der Waals surface area contributed by atoms with Gasteiger partial charge in [0.15, 0.2) is 11.3 Å². The number of hydrogen-bond acceptors (Lipinski definition) is 7. The second-order valence-electron chi connectivity index (χ2n) is 9.77. The first-order valence-electron chi connectivity index (χ1n) is 12.3. The first-order valence-corrected chi connectivity index (χ1v) is 13.1. The minimum atomic E-state index is 0.191. The Kier molecular flexibility index (Phi) is 7.18. The molecule has 0 aliphatic carbocycles. The molecule has 5 rings (SSSR count). The Morgan fingerprint density at radius 3 is 2.81 bits per heavy atom. The van der Waals surface area contributed by atoms with E-state index in [4.69, 9.17) is 28.2 Å². The van der Waals surface area contributed by atoms with E-state index < -0.39 is 0 Å². The van der Waals surface area contributed by atoms with Crippen LogP contribution in [-0.2, 0) is 0 Å². The Balaban J connectivity index is 1.35. The molecule has 2 aromatic heterocycles. The van der Waals surface area contributed by atoms with Crippen LogP contribution in [0.5, 0.6) is 0 Å². The number of fused-ring (bicyclic) bond motifs is 1. The van der Waals surface area contributed by atoms with Crippen molar-refractivity contribution in [2.24, 2.45) is 11.8 Å². The second-order valence-corrected chi connectivity index (χ2v) is 10.6. The molecule has 0 spiro atoms. The van der Waals surface area contributed by atoms with Crippen molar-refractivity contribution < 1.29 is 5.11 Å². The summed E-state index contributed by atoms with van der Waals surface area (Å²) < 4.78 is 1.54. The highest BCUT2D eigenvalue weighted by Gasteiger charge is 2.37. The fourth-order valence-corrected chi connectivity index (χ4v) is 5.84. The van der Waals surface area contributed by atoms with Crippen LogP contribution in [0, 0.1) is 23.2 Å². The van der Waals surface area contributed by atoms with Gasteiger partial charge in [-0.3, -0.25) is 0 Å². The summed E-state index contributed by atoms with van der Waals surface area (Å²) in [5, 5.41) is 24.3. The zero-order chi connectivity index (χ0) is 25.4. The molecule has 4 heterocycles. The van der Waals surface area contributed by atoms with E-state index in [1.807, 2.05) is 0 Å². The lowest BCUT2D eigenvalue weighted by Crippen LogP contribution is -2.54. The van der Waals surface area contributed by atoms with E-state index in [1.54, 1.807) is 29.1 Å². The fraction of sp³-hybridized carbons (Fsp3) is 0.462. The largest absolute Gasteiger partial charge is 0.396 e. The third kappa shape index (κ3) is 4.69. The van der Waals surface area contributed by atoms with Crippen molar-refractivity contribution in [2.75, 3.05) is 37.7 Å². The Morgan fingerprint density at radius 1 is 1.28 bits per heavy atom. The van der Waals surface area contributed by atoms with Gasteiger partial charge in [-0.25, -0.2) is 14.6 Å². The van der Waals surface area contributed by atoms with E-state index >= 15 is 0 Å². The molecule has 0 amide bonds. The molecule has 1 aromatic carbocycles. The van der Waals surface area contributed by atoms with Gasteiger partial charge in [0.1, 0.15) is 17.4 Å². The Morgan fingerprint density at radius 2 is 2.08 bits per heavy atom. The van der Waals surface area contributed by atoms with Crippen LogP contribution in [0.2, 0.25) is 10.0 Å². The summed E-state index contributed by atoms with van der Waals surface area (Å²) in [5.74, 6) is 2.02. The quantitative estimate of drug-likeness (QED) is 0.487. The van der Waals surface area contributed by atoms with E-state index in [0.717, 1.165) is 38.4 Å². The number of hydrogen-bond donors (Lipinski definition) is 1. The summed E-state index contributed by atoms with van der Waals surface area (Å²) >= 11 is 12.5. The van der Waals surface area contributed by atoms with Crippen LogP contribution < -0.4 is 4.90 Å². The van der Waals surface area contributed by atoms with E-state index in [9.17, 15) is 10.4 Å². The van der Waals surface area contributed by atoms with Gasteiger partial charge in [0.25, 0.3) is 0 Å². The smallest absolute Gasteiger partial charge is 0.190 e. The molecule has 0 radical (unpaired) electrons. The maximum absolute atomic E-state index is 9.61. The van der Waals surface area contributed by atoms with Crippen LogP contribution in [-0.4, -0.2) is 68.6 Å². The van der Waals surface area contributed by atoms with Crippen molar-refractivity contribution in [3.05, 3.63) is 52.3 Å². The molecule has 3 aromatic rings. The van der Waals surface area contributed by atoms with Crippen LogP contribution in [0.3, 0.4) is 0 Å². The van der Waals surface area contributed by atoms with Gasteiger partial charge in [-0.2, -0.15) is 10.4 Å². The topological polar surface area (TPSA) is 94.1 Å². The molecule has 8 nitrogen and oxygen atoms in total. The average molecular weight is 526 g/mol. The number of benzene rings is 1. The Labute approximate surface area is 220 Å². The first-order chi connectivity index (χ1) is 17.4. The molecule has 2 saturated heterocycles. The van der Waals surface area contributed by atoms with Crippen LogP contribution in [0.15, 0.2) is 31.0 Å². The lowest BCUT2D eigenvalue weighted by Gasteiger charge is -2.48. The maximum Gasteiger partial charge on any atom is 0.190 e. The number of piperidine rings is 1. The lowest BCUT2D eigenvalue weighted by molar-refractivity contribution is 0.0791. The van der Waals surface area contributed by atoms with Gasteiger partial charge in [0.05, 0.1) is 16.9 Å². The van der Waals surface area contributed by atoms with Crippen molar-refractivity contribution in [1.82, 2.24) is 24.6 Å². The predicted octanol–water partition coefficient (Wildman–Crippen LogP) is 4.44. The summed E-state index contributed by atoms with van der Waals surface area (Å²) in [5.41, 5.74) is 2.26. The average Bonchev–Trinajstić information content (AvgIpc) is 3.21. The number of anilines is 1. The molecule has 36 heavy (non-hydrogen) atoms. The third-order valence-electron chi connectivity index (χ3n) is 7.53. The minimum Gasteiger partial charge on any atom is -0.396 e. The van der Waals surface area contributed by atoms with Crippen molar-refractivity contribution in [3.8, 4) is 6.07 Å². The van der Waals surface area contributed by atoms with Gasteiger partial charge in [-0.1, -0.05) is 29.8 Å². The number of rotatable bonds is 7. The van der Waals surface area contributed by atoms with Gasteiger partial charge in [0, 0.05) is 42.9 Å². The number of nitriles is 1. The van der Waals surface area contributed by atoms with Gasteiger partial charge < -0.3 is 14.9 Å². The summed E-state index contributed by atoms with van der Waals surface area (Å²) in [6, 6.07) is 7.68. The monoisotopic (exact) mass is 525 g/mol. The molecule has 10 heteroatoms. The van der Waals surface area contributed by atoms with Gasteiger partial charge >= 0.3 is 0 Å². The van der Waals surface area contributed by atoms with Crippen molar-refractivity contribution >= 4 is 45.9 Å². The van der Waals surface area contributed by atoms with Gasteiger partial charge in [-0.15, -0.1) is 0 Å². The number of halogens is 2. The highest BCUT2D eigenvalue weighted by molar-refractivity contribution is 6.35. The summed E-state index contributed by atoms with van der Waals surface area (Å²) in [6.07, 6.45) is 4.99.